The van der Waals surface area contributed by atoms with Crippen molar-refractivity contribution >= 4 is 17.4 Å². The van der Waals surface area contributed by atoms with E-state index >= 15 is 0 Å². The molecule has 6 nitrogen and oxygen atoms in total. The van der Waals surface area contributed by atoms with E-state index in [9.17, 15) is 0 Å². The van der Waals surface area contributed by atoms with E-state index in [2.05, 4.69) is 20.5 Å². The number of rotatable bonds is 5. The molecular weight excluding hydrogens is 266 g/mol. The number of anilines is 1. The van der Waals surface area contributed by atoms with E-state index in [-0.39, 0.29) is 5.69 Å². The van der Waals surface area contributed by atoms with E-state index < -0.39 is 0 Å². The second-order valence-electron chi connectivity index (χ2n) is 3.51. The average Bonchev–Trinajstić information content (AvgIpc) is 2.46. The van der Waals surface area contributed by atoms with Crippen molar-refractivity contribution in [3.8, 4) is 11.9 Å². The Morgan fingerprint density at radius 3 is 2.79 bits per heavy atom. The van der Waals surface area contributed by atoms with Crippen LogP contribution in [0.25, 0.3) is 0 Å². The zero-order chi connectivity index (χ0) is 13.5. The highest BCUT2D eigenvalue weighted by Gasteiger charge is 1.98. The van der Waals surface area contributed by atoms with E-state index in [1.807, 2.05) is 6.07 Å². The van der Waals surface area contributed by atoms with Crippen molar-refractivity contribution in [3.05, 3.63) is 41.2 Å². The van der Waals surface area contributed by atoms with Crippen LogP contribution in [0.5, 0.6) is 5.88 Å². The second kappa shape index (κ2) is 6.52. The van der Waals surface area contributed by atoms with E-state index in [1.165, 1.54) is 6.20 Å². The van der Waals surface area contributed by atoms with Crippen molar-refractivity contribution in [1.82, 2.24) is 15.2 Å². The van der Waals surface area contributed by atoms with Crippen molar-refractivity contribution in [2.45, 2.75) is 0 Å². The molecule has 0 saturated carbocycles. The van der Waals surface area contributed by atoms with Crippen LogP contribution in [-0.4, -0.2) is 28.3 Å². The maximum Gasteiger partial charge on any atom is 0.213 e. The molecule has 19 heavy (non-hydrogen) atoms. The average molecular weight is 276 g/mol. The first-order valence-corrected chi connectivity index (χ1v) is 5.88. The fourth-order valence-corrected chi connectivity index (χ4v) is 1.38. The molecule has 0 unspecified atom stereocenters. The van der Waals surface area contributed by atoms with Gasteiger partial charge in [-0.2, -0.15) is 5.26 Å². The molecule has 0 radical (unpaired) electrons. The highest BCUT2D eigenvalue weighted by atomic mass is 35.5. The first kappa shape index (κ1) is 13.1. The molecule has 0 aliphatic rings. The molecule has 2 aromatic heterocycles. The molecule has 2 aromatic rings. The zero-order valence-corrected chi connectivity index (χ0v) is 10.6. The molecule has 0 atom stereocenters. The van der Waals surface area contributed by atoms with Crippen LogP contribution in [0, 0.1) is 11.3 Å². The summed E-state index contributed by atoms with van der Waals surface area (Å²) in [5.41, 5.74) is 0.284. The van der Waals surface area contributed by atoms with Gasteiger partial charge in [0.15, 0.2) is 5.69 Å². The van der Waals surface area contributed by atoms with Crippen LogP contribution >= 0.6 is 11.6 Å². The number of ether oxygens (including phenoxy) is 1. The van der Waals surface area contributed by atoms with E-state index in [0.29, 0.717) is 29.9 Å². The summed E-state index contributed by atoms with van der Waals surface area (Å²) in [6, 6.07) is 8.59. The highest BCUT2D eigenvalue weighted by molar-refractivity contribution is 6.30. The minimum absolute atomic E-state index is 0.284. The molecule has 0 aliphatic heterocycles. The largest absolute Gasteiger partial charge is 0.476 e. The van der Waals surface area contributed by atoms with Gasteiger partial charge in [0.05, 0.1) is 11.6 Å². The molecule has 96 valence electrons. The number of pyridine rings is 1. The lowest BCUT2D eigenvalue weighted by Crippen LogP contribution is -2.13. The lowest BCUT2D eigenvalue weighted by molar-refractivity contribution is 0.320. The molecule has 0 aromatic carbocycles. The molecule has 0 aliphatic carbocycles. The Hall–Kier alpha value is -2.39. The molecule has 0 bridgehead atoms. The number of halogens is 1. The molecule has 0 amide bonds. The number of nitriles is 1. The van der Waals surface area contributed by atoms with Gasteiger partial charge in [-0.1, -0.05) is 11.6 Å². The van der Waals surface area contributed by atoms with E-state index in [0.717, 1.165) is 0 Å². The van der Waals surface area contributed by atoms with Crippen molar-refractivity contribution in [3.63, 3.8) is 0 Å². The smallest absolute Gasteiger partial charge is 0.213 e. The Morgan fingerprint density at radius 1 is 1.26 bits per heavy atom. The third kappa shape index (κ3) is 4.08. The minimum Gasteiger partial charge on any atom is -0.476 e. The summed E-state index contributed by atoms with van der Waals surface area (Å²) in [7, 11) is 0. The van der Waals surface area contributed by atoms with Crippen LogP contribution in [0.2, 0.25) is 5.02 Å². The fraction of sp³-hybridized carbons (Fsp3) is 0.167. The Labute approximate surface area is 115 Å². The molecule has 1 N–H and O–H groups in total. The molecule has 2 heterocycles. The van der Waals surface area contributed by atoms with Gasteiger partial charge in [0.2, 0.25) is 5.88 Å². The molecule has 7 heteroatoms. The Bertz CT molecular complexity index is 564. The van der Waals surface area contributed by atoms with Gasteiger partial charge in [0.25, 0.3) is 0 Å². The molecule has 0 saturated heterocycles. The minimum atomic E-state index is 0.284. The number of nitrogens with one attached hydrogen (secondary N) is 1. The second-order valence-corrected chi connectivity index (χ2v) is 3.94. The third-order valence-corrected chi connectivity index (χ3v) is 2.36. The maximum atomic E-state index is 8.58. The molecule has 0 spiro atoms. The Kier molecular flexibility index (Phi) is 4.48. The summed E-state index contributed by atoms with van der Waals surface area (Å²) in [5.74, 6) is 1.10. The zero-order valence-electron chi connectivity index (χ0n) is 9.88. The van der Waals surface area contributed by atoms with Crippen LogP contribution in [0.4, 0.5) is 5.82 Å². The number of hydrogen-bond acceptors (Lipinski definition) is 6. The standard InChI is InChI=1S/C12H10ClN5O/c13-9-1-4-12(16-8-9)19-6-5-15-11-3-2-10(7-14)17-18-11/h1-4,8H,5-6H2,(H,15,18). The van der Waals surface area contributed by atoms with Crippen LogP contribution in [0.3, 0.4) is 0 Å². The normalized spacial score (nSPS) is 9.68. The Morgan fingerprint density at radius 2 is 2.16 bits per heavy atom. The van der Waals surface area contributed by atoms with Crippen molar-refractivity contribution in [2.75, 3.05) is 18.5 Å². The van der Waals surface area contributed by atoms with Gasteiger partial charge < -0.3 is 10.1 Å². The third-order valence-electron chi connectivity index (χ3n) is 2.14. The van der Waals surface area contributed by atoms with Gasteiger partial charge >= 0.3 is 0 Å². The number of nitrogens with zero attached hydrogens (tertiary/aromatic N) is 4. The summed E-state index contributed by atoms with van der Waals surface area (Å²) in [6.07, 6.45) is 1.52. The monoisotopic (exact) mass is 275 g/mol. The van der Waals surface area contributed by atoms with E-state index in [1.54, 1.807) is 24.3 Å². The molecule has 2 rings (SSSR count). The fourth-order valence-electron chi connectivity index (χ4n) is 1.27. The summed E-state index contributed by atoms with van der Waals surface area (Å²) in [4.78, 5) is 4.00. The first-order valence-electron chi connectivity index (χ1n) is 5.50. The molecular formula is C12H10ClN5O. The Balaban J connectivity index is 1.74. The van der Waals surface area contributed by atoms with Crippen LogP contribution in [0.15, 0.2) is 30.5 Å². The lowest BCUT2D eigenvalue weighted by Gasteiger charge is -2.06. The van der Waals surface area contributed by atoms with Crippen molar-refractivity contribution in [1.29, 1.82) is 5.26 Å². The lowest BCUT2D eigenvalue weighted by atomic mass is 10.4. The summed E-state index contributed by atoms with van der Waals surface area (Å²) >= 11 is 5.71. The quantitative estimate of drug-likeness (QED) is 0.839. The maximum absolute atomic E-state index is 8.58. The summed E-state index contributed by atoms with van der Waals surface area (Å²) in [5, 5.41) is 19.7. The predicted molar refractivity (Wildman–Crippen MR) is 70.0 cm³/mol. The summed E-state index contributed by atoms with van der Waals surface area (Å²) in [6.45, 7) is 0.973. The SMILES string of the molecule is N#Cc1ccc(NCCOc2ccc(Cl)cn2)nn1. The van der Waals surface area contributed by atoms with Crippen LogP contribution in [0.1, 0.15) is 5.69 Å². The number of hydrogen-bond donors (Lipinski definition) is 1. The van der Waals surface area contributed by atoms with Crippen LogP contribution in [-0.2, 0) is 0 Å². The molecule has 0 fully saturated rings. The van der Waals surface area contributed by atoms with Crippen molar-refractivity contribution in [2.24, 2.45) is 0 Å². The van der Waals surface area contributed by atoms with Gasteiger partial charge in [-0.25, -0.2) is 4.98 Å². The van der Waals surface area contributed by atoms with Gasteiger partial charge in [-0.05, 0) is 18.2 Å². The van der Waals surface area contributed by atoms with Crippen LogP contribution < -0.4 is 10.1 Å². The topological polar surface area (TPSA) is 83.7 Å². The number of aromatic nitrogens is 3. The van der Waals surface area contributed by atoms with Gasteiger partial charge in [0.1, 0.15) is 18.5 Å². The van der Waals surface area contributed by atoms with Crippen molar-refractivity contribution < 1.29 is 4.74 Å². The summed E-state index contributed by atoms with van der Waals surface area (Å²) < 4.78 is 5.39. The van der Waals surface area contributed by atoms with Gasteiger partial charge in [-0.15, -0.1) is 10.2 Å². The van der Waals surface area contributed by atoms with Gasteiger partial charge in [-0.3, -0.25) is 0 Å². The predicted octanol–water partition coefficient (Wildman–Crippen LogP) is 1.89. The highest BCUT2D eigenvalue weighted by Crippen LogP contribution is 2.11. The van der Waals surface area contributed by atoms with E-state index in [4.69, 9.17) is 21.6 Å². The van der Waals surface area contributed by atoms with Gasteiger partial charge in [0, 0.05) is 12.3 Å². The first-order chi connectivity index (χ1) is 9.28.